The van der Waals surface area contributed by atoms with Crippen LogP contribution in [0, 0.1) is 5.41 Å². The van der Waals surface area contributed by atoms with Crippen LogP contribution in [0.2, 0.25) is 0 Å². The van der Waals surface area contributed by atoms with E-state index in [1.807, 2.05) is 35.2 Å². The zero-order valence-corrected chi connectivity index (χ0v) is 14.5. The van der Waals surface area contributed by atoms with Gasteiger partial charge in [-0.2, -0.15) is 4.98 Å². The van der Waals surface area contributed by atoms with Gasteiger partial charge in [0, 0.05) is 19.2 Å². The second-order valence-corrected chi connectivity index (χ2v) is 7.05. The molecule has 25 heavy (non-hydrogen) atoms. The second-order valence-electron chi connectivity index (χ2n) is 7.05. The quantitative estimate of drug-likeness (QED) is 0.835. The van der Waals surface area contributed by atoms with E-state index in [1.54, 1.807) is 7.11 Å². The minimum Gasteiger partial charge on any atom is -0.384 e. The molecule has 2 aliphatic rings. The van der Waals surface area contributed by atoms with Gasteiger partial charge in [-0.25, -0.2) is 0 Å². The van der Waals surface area contributed by atoms with E-state index >= 15 is 0 Å². The summed E-state index contributed by atoms with van der Waals surface area (Å²) in [4.78, 5) is 19.7. The monoisotopic (exact) mass is 341 g/mol. The predicted molar refractivity (Wildman–Crippen MR) is 91.6 cm³/mol. The van der Waals surface area contributed by atoms with Crippen LogP contribution in [-0.4, -0.2) is 41.2 Å². The summed E-state index contributed by atoms with van der Waals surface area (Å²) in [6.45, 7) is 1.24. The number of hydrogen-bond acceptors (Lipinski definition) is 5. The largest absolute Gasteiger partial charge is 0.384 e. The van der Waals surface area contributed by atoms with Crippen molar-refractivity contribution < 1.29 is 14.1 Å². The molecule has 0 N–H and O–H groups in total. The summed E-state index contributed by atoms with van der Waals surface area (Å²) in [6, 6.07) is 9.63. The van der Waals surface area contributed by atoms with Crippen molar-refractivity contribution in [2.24, 2.45) is 5.41 Å². The fraction of sp³-hybridized carbons (Fsp3) is 0.526. The lowest BCUT2D eigenvalue weighted by Crippen LogP contribution is -2.50. The van der Waals surface area contributed by atoms with E-state index in [4.69, 9.17) is 9.26 Å². The number of likely N-dealkylation sites (tertiary alicyclic amines) is 1. The van der Waals surface area contributed by atoms with Gasteiger partial charge >= 0.3 is 0 Å². The molecule has 1 aliphatic carbocycles. The summed E-state index contributed by atoms with van der Waals surface area (Å²) in [5, 5.41) is 4.11. The topological polar surface area (TPSA) is 68.5 Å². The van der Waals surface area contributed by atoms with Gasteiger partial charge in [0.2, 0.25) is 17.6 Å². The second kappa shape index (κ2) is 6.59. The molecule has 6 heteroatoms. The Morgan fingerprint density at radius 3 is 2.80 bits per heavy atom. The Balaban J connectivity index is 1.56. The molecular formula is C19H23N3O3. The maximum atomic E-state index is 13.2. The highest BCUT2D eigenvalue weighted by Gasteiger charge is 2.49. The molecule has 132 valence electrons. The molecule has 2 fully saturated rings. The Kier molecular flexibility index (Phi) is 4.29. The molecule has 2 heterocycles. The molecule has 1 amide bonds. The third-order valence-corrected chi connectivity index (χ3v) is 5.46. The Labute approximate surface area is 147 Å². The van der Waals surface area contributed by atoms with Crippen LogP contribution in [-0.2, 0) is 9.53 Å². The van der Waals surface area contributed by atoms with Crippen molar-refractivity contribution in [3.63, 3.8) is 0 Å². The maximum Gasteiger partial charge on any atom is 0.249 e. The normalized spacial score (nSPS) is 22.0. The minimum absolute atomic E-state index is 0.119. The minimum atomic E-state index is -0.348. The smallest absolute Gasteiger partial charge is 0.249 e. The van der Waals surface area contributed by atoms with E-state index in [0.717, 1.165) is 44.2 Å². The SMILES string of the molecule is COCC1(C(=O)N2CCC[C@H]2c2nc(-c3ccccc3)no2)CCC1. The fourth-order valence-corrected chi connectivity index (χ4v) is 3.95. The molecule has 1 aliphatic heterocycles. The number of methoxy groups -OCH3 is 1. The molecule has 1 atom stereocenters. The van der Waals surface area contributed by atoms with Crippen molar-refractivity contribution >= 4 is 5.91 Å². The van der Waals surface area contributed by atoms with Crippen LogP contribution in [0.5, 0.6) is 0 Å². The zero-order valence-electron chi connectivity index (χ0n) is 14.5. The third-order valence-electron chi connectivity index (χ3n) is 5.46. The molecule has 1 saturated carbocycles. The molecule has 0 bridgehead atoms. The lowest BCUT2D eigenvalue weighted by molar-refractivity contribution is -0.153. The van der Waals surface area contributed by atoms with Gasteiger partial charge in [-0.15, -0.1) is 0 Å². The van der Waals surface area contributed by atoms with Crippen molar-refractivity contribution in [1.82, 2.24) is 15.0 Å². The van der Waals surface area contributed by atoms with E-state index in [-0.39, 0.29) is 17.4 Å². The van der Waals surface area contributed by atoms with Crippen LogP contribution >= 0.6 is 0 Å². The van der Waals surface area contributed by atoms with E-state index in [2.05, 4.69) is 10.1 Å². The van der Waals surface area contributed by atoms with Crippen LogP contribution < -0.4 is 0 Å². The van der Waals surface area contributed by atoms with E-state index in [0.29, 0.717) is 18.3 Å². The van der Waals surface area contributed by atoms with Crippen molar-refractivity contribution in [3.05, 3.63) is 36.2 Å². The molecule has 6 nitrogen and oxygen atoms in total. The summed E-state index contributed by atoms with van der Waals surface area (Å²) in [6.07, 6.45) is 4.73. The standard InChI is InChI=1S/C19H23N3O3/c1-24-13-19(10-6-11-19)18(23)22-12-5-9-15(22)17-20-16(21-25-17)14-7-3-2-4-8-14/h2-4,7-8,15H,5-6,9-13H2,1H3/t15-/m0/s1. The van der Waals surface area contributed by atoms with Gasteiger partial charge in [-0.05, 0) is 25.7 Å². The fourth-order valence-electron chi connectivity index (χ4n) is 3.95. The number of nitrogens with zero attached hydrogens (tertiary/aromatic N) is 3. The third kappa shape index (κ3) is 2.84. The first-order chi connectivity index (χ1) is 12.2. The number of carbonyl (C=O) groups excluding carboxylic acids is 1. The van der Waals surface area contributed by atoms with Crippen LogP contribution in [0.15, 0.2) is 34.9 Å². The summed E-state index contributed by atoms with van der Waals surface area (Å²) < 4.78 is 10.9. The van der Waals surface area contributed by atoms with Crippen molar-refractivity contribution in [2.45, 2.75) is 38.1 Å². The van der Waals surface area contributed by atoms with Crippen molar-refractivity contribution in [1.29, 1.82) is 0 Å². The van der Waals surface area contributed by atoms with E-state index in [9.17, 15) is 4.79 Å². The molecule has 1 saturated heterocycles. The van der Waals surface area contributed by atoms with Gasteiger partial charge in [-0.1, -0.05) is 41.9 Å². The lowest BCUT2D eigenvalue weighted by atomic mass is 9.68. The molecule has 1 aromatic carbocycles. The Hall–Kier alpha value is -2.21. The number of ether oxygens (including phenoxy) is 1. The highest BCUT2D eigenvalue weighted by atomic mass is 16.5. The Bertz CT molecular complexity index is 739. The highest BCUT2D eigenvalue weighted by molar-refractivity contribution is 5.84. The van der Waals surface area contributed by atoms with Crippen LogP contribution in [0.3, 0.4) is 0 Å². The number of carbonyl (C=O) groups is 1. The number of benzene rings is 1. The highest BCUT2D eigenvalue weighted by Crippen LogP contribution is 2.45. The first-order valence-electron chi connectivity index (χ1n) is 8.92. The van der Waals surface area contributed by atoms with Gasteiger partial charge in [-0.3, -0.25) is 4.79 Å². The van der Waals surface area contributed by atoms with Crippen molar-refractivity contribution in [3.8, 4) is 11.4 Å². The number of aromatic nitrogens is 2. The van der Waals surface area contributed by atoms with E-state index < -0.39 is 0 Å². The summed E-state index contributed by atoms with van der Waals surface area (Å²) >= 11 is 0. The first-order valence-corrected chi connectivity index (χ1v) is 8.92. The molecular weight excluding hydrogens is 318 g/mol. The molecule has 2 aromatic rings. The zero-order chi connectivity index (χ0) is 17.3. The number of rotatable bonds is 5. The molecule has 0 unspecified atom stereocenters. The Morgan fingerprint density at radius 1 is 1.32 bits per heavy atom. The molecule has 4 rings (SSSR count). The van der Waals surface area contributed by atoms with Gasteiger partial charge in [0.05, 0.1) is 12.0 Å². The number of hydrogen-bond donors (Lipinski definition) is 0. The summed E-state index contributed by atoms with van der Waals surface area (Å²) in [5.41, 5.74) is 0.572. The van der Waals surface area contributed by atoms with Gasteiger partial charge in [0.25, 0.3) is 0 Å². The summed E-state index contributed by atoms with van der Waals surface area (Å²) in [5.74, 6) is 1.30. The van der Waals surface area contributed by atoms with E-state index in [1.165, 1.54) is 0 Å². The summed E-state index contributed by atoms with van der Waals surface area (Å²) in [7, 11) is 1.67. The van der Waals surface area contributed by atoms with Gasteiger partial charge in [0.1, 0.15) is 6.04 Å². The first kappa shape index (κ1) is 16.3. The van der Waals surface area contributed by atoms with Gasteiger partial charge in [0.15, 0.2) is 0 Å². The average molecular weight is 341 g/mol. The molecule has 0 radical (unpaired) electrons. The maximum absolute atomic E-state index is 13.2. The van der Waals surface area contributed by atoms with Gasteiger partial charge < -0.3 is 14.2 Å². The Morgan fingerprint density at radius 2 is 2.12 bits per heavy atom. The van der Waals surface area contributed by atoms with Crippen LogP contribution in [0.1, 0.15) is 44.0 Å². The number of amides is 1. The van der Waals surface area contributed by atoms with Crippen molar-refractivity contribution in [2.75, 3.05) is 20.3 Å². The average Bonchev–Trinajstić information content (AvgIpc) is 3.27. The van der Waals surface area contributed by atoms with Crippen LogP contribution in [0.25, 0.3) is 11.4 Å². The lowest BCUT2D eigenvalue weighted by Gasteiger charge is -2.43. The molecule has 0 spiro atoms. The predicted octanol–water partition coefficient (Wildman–Crippen LogP) is 3.22. The molecule has 1 aromatic heterocycles. The van der Waals surface area contributed by atoms with Crippen LogP contribution in [0.4, 0.5) is 0 Å².